The molecule has 1 aliphatic carbocycles. The van der Waals surface area contributed by atoms with E-state index in [0.717, 1.165) is 38.6 Å². The lowest BCUT2D eigenvalue weighted by atomic mass is 10.0. The number of nitrogens with one attached hydrogen (secondary N) is 1. The van der Waals surface area contributed by atoms with Gasteiger partial charge in [-0.15, -0.1) is 0 Å². The minimum atomic E-state index is 0.300. The summed E-state index contributed by atoms with van der Waals surface area (Å²) in [5, 5.41) is 10.9. The van der Waals surface area contributed by atoms with Crippen LogP contribution in [0.15, 0.2) is 30.5 Å². The van der Waals surface area contributed by atoms with Crippen molar-refractivity contribution in [1.82, 2.24) is 14.8 Å². The highest BCUT2D eigenvalue weighted by atomic mass is 16.3. The van der Waals surface area contributed by atoms with Crippen molar-refractivity contribution in [2.24, 2.45) is 0 Å². The zero-order valence-electron chi connectivity index (χ0n) is 14.5. The SMILES string of the molecule is OCC[C@H]1CN(Cc2c[nH]c3ccccc23)CCN1C1CCCC1. The van der Waals surface area contributed by atoms with Crippen LogP contribution in [0.2, 0.25) is 0 Å². The Hall–Kier alpha value is -1.36. The molecule has 2 aromatic rings. The molecule has 1 atom stereocenters. The molecule has 1 aliphatic heterocycles. The van der Waals surface area contributed by atoms with E-state index in [1.807, 2.05) is 0 Å². The van der Waals surface area contributed by atoms with Gasteiger partial charge in [0.1, 0.15) is 0 Å². The summed E-state index contributed by atoms with van der Waals surface area (Å²) in [6.07, 6.45) is 8.53. The van der Waals surface area contributed by atoms with Crippen LogP contribution in [0.25, 0.3) is 10.9 Å². The van der Waals surface area contributed by atoms with Gasteiger partial charge >= 0.3 is 0 Å². The Kier molecular flexibility index (Phi) is 4.88. The molecule has 2 heterocycles. The lowest BCUT2D eigenvalue weighted by Gasteiger charge is -2.44. The van der Waals surface area contributed by atoms with Gasteiger partial charge in [-0.2, -0.15) is 0 Å². The third kappa shape index (κ3) is 3.23. The second kappa shape index (κ2) is 7.26. The summed E-state index contributed by atoms with van der Waals surface area (Å²) in [6.45, 7) is 4.67. The van der Waals surface area contributed by atoms with Crippen molar-refractivity contribution in [3.63, 3.8) is 0 Å². The number of benzene rings is 1. The van der Waals surface area contributed by atoms with Crippen molar-refractivity contribution in [2.75, 3.05) is 26.2 Å². The zero-order chi connectivity index (χ0) is 16.4. The molecule has 4 nitrogen and oxygen atoms in total. The van der Waals surface area contributed by atoms with Crippen molar-refractivity contribution >= 4 is 10.9 Å². The van der Waals surface area contributed by atoms with Crippen LogP contribution in [0.5, 0.6) is 0 Å². The summed E-state index contributed by atoms with van der Waals surface area (Å²) in [4.78, 5) is 8.66. The number of hydrogen-bond donors (Lipinski definition) is 2. The maximum atomic E-state index is 9.51. The summed E-state index contributed by atoms with van der Waals surface area (Å²) >= 11 is 0. The number of H-pyrrole nitrogens is 1. The first-order chi connectivity index (χ1) is 11.8. The molecule has 0 spiro atoms. The third-order valence-corrected chi connectivity index (χ3v) is 5.94. The Bertz CT molecular complexity index is 662. The predicted octanol–water partition coefficient (Wildman–Crippen LogP) is 2.98. The standard InChI is InChI=1S/C20H29N3O/c24-12-9-18-15-22(10-11-23(18)17-5-1-2-6-17)14-16-13-21-20-8-4-3-7-19(16)20/h3-4,7-8,13,17-18,21,24H,1-2,5-6,9-12,14-15H2/t18-/m0/s1. The lowest BCUT2D eigenvalue weighted by molar-refractivity contribution is 0.0269. The number of aliphatic hydroxyl groups excluding tert-OH is 1. The molecule has 0 bridgehead atoms. The number of aromatic nitrogens is 1. The molecule has 1 saturated heterocycles. The number of aromatic amines is 1. The molecule has 0 unspecified atom stereocenters. The summed E-state index contributed by atoms with van der Waals surface area (Å²) in [5.41, 5.74) is 2.62. The predicted molar refractivity (Wildman–Crippen MR) is 98.0 cm³/mol. The fraction of sp³-hybridized carbons (Fsp3) is 0.600. The molecule has 130 valence electrons. The largest absolute Gasteiger partial charge is 0.396 e. The minimum absolute atomic E-state index is 0.300. The van der Waals surface area contributed by atoms with Crippen molar-refractivity contribution in [2.45, 2.75) is 50.7 Å². The first kappa shape index (κ1) is 16.1. The average molecular weight is 327 g/mol. The monoisotopic (exact) mass is 327 g/mol. The van der Waals surface area contributed by atoms with Crippen molar-refractivity contribution in [3.05, 3.63) is 36.0 Å². The number of aliphatic hydroxyl groups is 1. The molecule has 0 radical (unpaired) electrons. The Morgan fingerprint density at radius 1 is 1.12 bits per heavy atom. The Balaban J connectivity index is 1.45. The Morgan fingerprint density at radius 2 is 1.96 bits per heavy atom. The lowest BCUT2D eigenvalue weighted by Crippen LogP contribution is -2.55. The smallest absolute Gasteiger partial charge is 0.0457 e. The van der Waals surface area contributed by atoms with Crippen LogP contribution < -0.4 is 0 Å². The second-order valence-electron chi connectivity index (χ2n) is 7.44. The highest BCUT2D eigenvalue weighted by molar-refractivity contribution is 5.82. The van der Waals surface area contributed by atoms with Gasteiger partial charge in [-0.3, -0.25) is 9.80 Å². The van der Waals surface area contributed by atoms with E-state index in [1.165, 1.54) is 42.1 Å². The molecule has 4 rings (SSSR count). The maximum absolute atomic E-state index is 9.51. The molecular weight excluding hydrogens is 298 g/mol. The quantitative estimate of drug-likeness (QED) is 0.887. The van der Waals surface area contributed by atoms with E-state index in [4.69, 9.17) is 0 Å². The Labute approximate surface area is 144 Å². The van der Waals surface area contributed by atoms with Crippen LogP contribution in [0, 0.1) is 0 Å². The topological polar surface area (TPSA) is 42.5 Å². The van der Waals surface area contributed by atoms with Gasteiger partial charge in [0.2, 0.25) is 0 Å². The van der Waals surface area contributed by atoms with E-state index in [1.54, 1.807) is 0 Å². The van der Waals surface area contributed by atoms with Crippen LogP contribution in [0.1, 0.15) is 37.7 Å². The first-order valence-corrected chi connectivity index (χ1v) is 9.49. The van der Waals surface area contributed by atoms with Gasteiger partial charge in [-0.05, 0) is 30.9 Å². The van der Waals surface area contributed by atoms with E-state index in [9.17, 15) is 5.11 Å². The van der Waals surface area contributed by atoms with Crippen LogP contribution >= 0.6 is 0 Å². The van der Waals surface area contributed by atoms with Gasteiger partial charge < -0.3 is 10.1 Å². The van der Waals surface area contributed by atoms with Crippen LogP contribution in [-0.2, 0) is 6.54 Å². The fourth-order valence-electron chi connectivity index (χ4n) is 4.70. The molecule has 24 heavy (non-hydrogen) atoms. The van der Waals surface area contributed by atoms with Gasteiger partial charge in [0.25, 0.3) is 0 Å². The summed E-state index contributed by atoms with van der Waals surface area (Å²) in [7, 11) is 0. The van der Waals surface area contributed by atoms with E-state index < -0.39 is 0 Å². The number of piperazine rings is 1. The molecular formula is C20H29N3O. The molecule has 1 aromatic heterocycles. The minimum Gasteiger partial charge on any atom is -0.396 e. The van der Waals surface area contributed by atoms with Crippen molar-refractivity contribution in [1.29, 1.82) is 0 Å². The van der Waals surface area contributed by atoms with Gasteiger partial charge in [0.15, 0.2) is 0 Å². The van der Waals surface area contributed by atoms with Crippen molar-refractivity contribution < 1.29 is 5.11 Å². The molecule has 2 fully saturated rings. The second-order valence-corrected chi connectivity index (χ2v) is 7.44. The third-order valence-electron chi connectivity index (χ3n) is 5.94. The van der Waals surface area contributed by atoms with Gasteiger partial charge in [-0.1, -0.05) is 31.0 Å². The average Bonchev–Trinajstić information content (AvgIpc) is 3.26. The van der Waals surface area contributed by atoms with Crippen LogP contribution in [-0.4, -0.2) is 58.2 Å². The fourth-order valence-corrected chi connectivity index (χ4v) is 4.70. The first-order valence-electron chi connectivity index (χ1n) is 9.49. The highest BCUT2D eigenvalue weighted by Gasteiger charge is 2.33. The number of rotatable bonds is 5. The van der Waals surface area contributed by atoms with Gasteiger partial charge in [-0.25, -0.2) is 0 Å². The van der Waals surface area contributed by atoms with Gasteiger partial charge in [0, 0.05) is 62.0 Å². The van der Waals surface area contributed by atoms with Crippen molar-refractivity contribution in [3.8, 4) is 0 Å². The number of fused-ring (bicyclic) bond motifs is 1. The zero-order valence-corrected chi connectivity index (χ0v) is 14.5. The Morgan fingerprint density at radius 3 is 2.79 bits per heavy atom. The van der Waals surface area contributed by atoms with E-state index in [0.29, 0.717) is 12.6 Å². The maximum Gasteiger partial charge on any atom is 0.0457 e. The number of nitrogens with zero attached hydrogens (tertiary/aromatic N) is 2. The molecule has 4 heteroatoms. The molecule has 1 saturated carbocycles. The van der Waals surface area contributed by atoms with Gasteiger partial charge in [0.05, 0.1) is 0 Å². The van der Waals surface area contributed by atoms with E-state index in [2.05, 4.69) is 45.2 Å². The summed E-state index contributed by atoms with van der Waals surface area (Å²) < 4.78 is 0. The summed E-state index contributed by atoms with van der Waals surface area (Å²) in [6, 6.07) is 9.83. The number of para-hydroxylation sites is 1. The molecule has 2 aliphatic rings. The van der Waals surface area contributed by atoms with Crippen LogP contribution in [0.3, 0.4) is 0 Å². The van der Waals surface area contributed by atoms with Crippen LogP contribution in [0.4, 0.5) is 0 Å². The van der Waals surface area contributed by atoms with E-state index in [-0.39, 0.29) is 0 Å². The van der Waals surface area contributed by atoms with E-state index >= 15 is 0 Å². The molecule has 1 aromatic carbocycles. The summed E-state index contributed by atoms with van der Waals surface area (Å²) in [5.74, 6) is 0. The molecule has 0 amide bonds. The molecule has 2 N–H and O–H groups in total. The normalized spacial score (nSPS) is 24.1. The highest BCUT2D eigenvalue weighted by Crippen LogP contribution is 2.29. The number of hydrogen-bond acceptors (Lipinski definition) is 3.